The molecule has 1 aliphatic rings. The van der Waals surface area contributed by atoms with Gasteiger partial charge in [-0.05, 0) is 55.5 Å². The van der Waals surface area contributed by atoms with Crippen LogP contribution in [0, 0.1) is 0 Å². The maximum atomic E-state index is 12.1. The van der Waals surface area contributed by atoms with Gasteiger partial charge in [0.15, 0.2) is 0 Å². The van der Waals surface area contributed by atoms with Gasteiger partial charge in [-0.1, -0.05) is 0 Å². The summed E-state index contributed by atoms with van der Waals surface area (Å²) in [6.07, 6.45) is 0.583. The van der Waals surface area contributed by atoms with Crippen LogP contribution in [0.2, 0.25) is 0 Å². The molecular formula is C15H16O5S. The van der Waals surface area contributed by atoms with Gasteiger partial charge in [0.25, 0.3) is 0 Å². The number of ether oxygens (including phenoxy) is 1. The Morgan fingerprint density at radius 1 is 0.905 bits per heavy atom. The smallest absolute Gasteiger partial charge is 0.206 e. The Balaban J connectivity index is 0.000000347. The summed E-state index contributed by atoms with van der Waals surface area (Å²) in [6, 6.07) is 10.6. The van der Waals surface area contributed by atoms with E-state index >= 15 is 0 Å². The Morgan fingerprint density at radius 2 is 1.19 bits per heavy atom. The van der Waals surface area contributed by atoms with Crippen LogP contribution < -0.4 is 0 Å². The number of epoxide rings is 1. The summed E-state index contributed by atoms with van der Waals surface area (Å²) in [7, 11) is -3.59. The van der Waals surface area contributed by atoms with Crippen molar-refractivity contribution in [3.05, 3.63) is 48.5 Å². The number of rotatable bonds is 2. The van der Waals surface area contributed by atoms with E-state index in [1.807, 2.05) is 0 Å². The average molecular weight is 308 g/mol. The summed E-state index contributed by atoms with van der Waals surface area (Å²) in [5.74, 6) is 0.0179. The second-order valence-corrected chi connectivity index (χ2v) is 6.58. The van der Waals surface area contributed by atoms with Crippen LogP contribution in [-0.4, -0.2) is 31.3 Å². The molecule has 21 heavy (non-hydrogen) atoms. The number of benzene rings is 2. The fourth-order valence-corrected chi connectivity index (χ4v) is 2.74. The van der Waals surface area contributed by atoms with Gasteiger partial charge in [-0.15, -0.1) is 0 Å². The molecule has 1 unspecified atom stereocenters. The lowest BCUT2D eigenvalue weighted by Gasteiger charge is -2.04. The number of sulfone groups is 1. The monoisotopic (exact) mass is 308 g/mol. The highest BCUT2D eigenvalue weighted by Crippen LogP contribution is 2.23. The van der Waals surface area contributed by atoms with E-state index in [1.54, 1.807) is 0 Å². The first-order valence-corrected chi connectivity index (χ1v) is 7.82. The van der Waals surface area contributed by atoms with Crippen molar-refractivity contribution >= 4 is 9.84 Å². The molecule has 0 aliphatic carbocycles. The Hall–Kier alpha value is -2.05. The van der Waals surface area contributed by atoms with Crippen LogP contribution in [0.25, 0.3) is 0 Å². The minimum absolute atomic E-state index is 0.00894. The molecule has 0 amide bonds. The van der Waals surface area contributed by atoms with E-state index in [4.69, 9.17) is 14.9 Å². The van der Waals surface area contributed by atoms with E-state index in [-0.39, 0.29) is 21.3 Å². The number of hydrogen-bond acceptors (Lipinski definition) is 5. The van der Waals surface area contributed by atoms with Crippen LogP contribution in [0.15, 0.2) is 58.3 Å². The van der Waals surface area contributed by atoms with E-state index in [9.17, 15) is 8.42 Å². The zero-order valence-electron chi connectivity index (χ0n) is 11.4. The SMILES string of the molecule is CC1CO1.O=S(=O)(c1ccc(O)cc1)c1ccc(O)cc1. The fraction of sp³-hybridized carbons (Fsp3) is 0.200. The molecule has 1 aliphatic heterocycles. The Morgan fingerprint density at radius 3 is 1.43 bits per heavy atom. The summed E-state index contributed by atoms with van der Waals surface area (Å²) < 4.78 is 28.9. The first-order valence-electron chi connectivity index (χ1n) is 6.34. The summed E-state index contributed by atoms with van der Waals surface area (Å²) in [5.41, 5.74) is 0. The summed E-state index contributed by atoms with van der Waals surface area (Å²) in [6.45, 7) is 3.04. The molecule has 1 atom stereocenters. The number of phenolic OH excluding ortho intramolecular Hbond substituents is 2. The van der Waals surface area contributed by atoms with Crippen molar-refractivity contribution in [1.82, 2.24) is 0 Å². The van der Waals surface area contributed by atoms with Crippen LogP contribution in [0.1, 0.15) is 6.92 Å². The Bertz CT molecular complexity index is 634. The third-order valence-electron chi connectivity index (χ3n) is 2.79. The molecule has 1 saturated heterocycles. The van der Waals surface area contributed by atoms with E-state index < -0.39 is 9.84 Å². The second kappa shape index (κ2) is 6.15. The van der Waals surface area contributed by atoms with Crippen molar-refractivity contribution in [3.63, 3.8) is 0 Å². The molecule has 112 valence electrons. The molecule has 5 nitrogen and oxygen atoms in total. The van der Waals surface area contributed by atoms with Crippen LogP contribution in [0.3, 0.4) is 0 Å². The summed E-state index contributed by atoms with van der Waals surface area (Å²) in [4.78, 5) is 0.196. The zero-order valence-corrected chi connectivity index (χ0v) is 12.2. The molecule has 0 radical (unpaired) electrons. The molecule has 6 heteroatoms. The fourth-order valence-electron chi connectivity index (χ4n) is 1.48. The molecule has 2 aromatic rings. The van der Waals surface area contributed by atoms with Gasteiger partial charge in [0, 0.05) is 0 Å². The third kappa shape index (κ3) is 4.21. The zero-order chi connectivity index (χ0) is 15.5. The van der Waals surface area contributed by atoms with Crippen molar-refractivity contribution in [2.45, 2.75) is 22.8 Å². The van der Waals surface area contributed by atoms with Gasteiger partial charge in [0.05, 0.1) is 22.5 Å². The molecule has 1 heterocycles. The predicted octanol–water partition coefficient (Wildman–Crippen LogP) is 2.34. The molecule has 0 saturated carbocycles. The van der Waals surface area contributed by atoms with E-state index in [0.29, 0.717) is 6.10 Å². The van der Waals surface area contributed by atoms with Crippen LogP contribution >= 0.6 is 0 Å². The number of hydrogen-bond donors (Lipinski definition) is 2. The van der Waals surface area contributed by atoms with E-state index in [1.165, 1.54) is 48.5 Å². The molecule has 2 N–H and O–H groups in total. The maximum Gasteiger partial charge on any atom is 0.206 e. The topological polar surface area (TPSA) is 87.1 Å². The van der Waals surface area contributed by atoms with Gasteiger partial charge in [-0.3, -0.25) is 0 Å². The maximum absolute atomic E-state index is 12.1. The van der Waals surface area contributed by atoms with E-state index in [2.05, 4.69) is 6.92 Å². The van der Waals surface area contributed by atoms with Crippen molar-refractivity contribution in [1.29, 1.82) is 0 Å². The Kier molecular flexibility index (Phi) is 4.50. The van der Waals surface area contributed by atoms with Gasteiger partial charge in [-0.25, -0.2) is 8.42 Å². The van der Waals surface area contributed by atoms with Gasteiger partial charge < -0.3 is 14.9 Å². The van der Waals surface area contributed by atoms with E-state index in [0.717, 1.165) is 6.61 Å². The van der Waals surface area contributed by atoms with Crippen molar-refractivity contribution in [3.8, 4) is 11.5 Å². The lowest BCUT2D eigenvalue weighted by molar-refractivity contribution is 0.423. The predicted molar refractivity (Wildman–Crippen MR) is 77.1 cm³/mol. The minimum atomic E-state index is -3.59. The summed E-state index contributed by atoms with van der Waals surface area (Å²) in [5, 5.41) is 18.2. The normalized spacial score (nSPS) is 16.7. The van der Waals surface area contributed by atoms with Gasteiger partial charge >= 0.3 is 0 Å². The number of aromatic hydroxyl groups is 2. The summed E-state index contributed by atoms with van der Waals surface area (Å²) >= 11 is 0. The van der Waals surface area contributed by atoms with Crippen molar-refractivity contribution in [2.75, 3.05) is 6.61 Å². The highest BCUT2D eigenvalue weighted by atomic mass is 32.2. The highest BCUT2D eigenvalue weighted by molar-refractivity contribution is 7.91. The Labute approximate surface area is 123 Å². The molecule has 0 bridgehead atoms. The van der Waals surface area contributed by atoms with Crippen LogP contribution in [0.5, 0.6) is 11.5 Å². The molecule has 3 rings (SSSR count). The molecular weight excluding hydrogens is 292 g/mol. The van der Waals surface area contributed by atoms with Crippen molar-refractivity contribution < 1.29 is 23.4 Å². The third-order valence-corrected chi connectivity index (χ3v) is 4.58. The number of phenols is 2. The van der Waals surface area contributed by atoms with Crippen LogP contribution in [0.4, 0.5) is 0 Å². The quantitative estimate of drug-likeness (QED) is 0.831. The molecule has 0 spiro atoms. The van der Waals surface area contributed by atoms with Crippen molar-refractivity contribution in [2.24, 2.45) is 0 Å². The minimum Gasteiger partial charge on any atom is -0.508 e. The molecule has 1 fully saturated rings. The molecule has 2 aromatic carbocycles. The highest BCUT2D eigenvalue weighted by Gasteiger charge is 2.17. The lowest BCUT2D eigenvalue weighted by atomic mass is 10.3. The average Bonchev–Trinajstić information content (AvgIpc) is 3.23. The van der Waals surface area contributed by atoms with Gasteiger partial charge in [-0.2, -0.15) is 0 Å². The van der Waals surface area contributed by atoms with Gasteiger partial charge in [0.1, 0.15) is 11.5 Å². The standard InChI is InChI=1S/C12H10O4S.C3H6O/c13-9-1-5-11(6-2-9)17(15,16)12-7-3-10(14)4-8-12;1-3-2-4-3/h1-8,13-14H;3H,2H2,1H3. The first-order chi connectivity index (χ1) is 9.89. The van der Waals surface area contributed by atoms with Gasteiger partial charge in [0.2, 0.25) is 9.84 Å². The first kappa shape index (κ1) is 15.3. The molecule has 0 aromatic heterocycles. The lowest BCUT2D eigenvalue weighted by Crippen LogP contribution is -2.01. The van der Waals surface area contributed by atoms with Crippen LogP contribution in [-0.2, 0) is 14.6 Å². The second-order valence-electron chi connectivity index (χ2n) is 4.64. The largest absolute Gasteiger partial charge is 0.508 e.